The molecule has 8 heteroatoms. The van der Waals surface area contributed by atoms with Gasteiger partial charge in [0.2, 0.25) is 11.6 Å². The van der Waals surface area contributed by atoms with Gasteiger partial charge < -0.3 is 38.6 Å². The third-order valence-electron chi connectivity index (χ3n) is 5.38. The Morgan fingerprint density at radius 2 is 1.59 bits per heavy atom. The second kappa shape index (κ2) is 8.10. The summed E-state index contributed by atoms with van der Waals surface area (Å²) in [4.78, 5) is 0. The van der Waals surface area contributed by atoms with Crippen molar-refractivity contribution in [3.8, 4) is 0 Å². The molecule has 0 spiro atoms. The number of hydrogen-bond acceptors (Lipinski definition) is 8. The lowest BCUT2D eigenvalue weighted by Crippen LogP contribution is -2.73. The summed E-state index contributed by atoms with van der Waals surface area (Å²) in [5.74, 6) is -2.53. The molecular formula is C19H28O8. The van der Waals surface area contributed by atoms with Gasteiger partial charge >= 0.3 is 0 Å². The lowest BCUT2D eigenvalue weighted by atomic mass is 9.94. The van der Waals surface area contributed by atoms with Gasteiger partial charge in [0.1, 0.15) is 24.4 Å². The molecule has 0 aliphatic carbocycles. The summed E-state index contributed by atoms with van der Waals surface area (Å²) in [7, 11) is 2.94. The van der Waals surface area contributed by atoms with Gasteiger partial charge in [-0.2, -0.15) is 0 Å². The van der Waals surface area contributed by atoms with Gasteiger partial charge in [-0.25, -0.2) is 0 Å². The van der Waals surface area contributed by atoms with Crippen LogP contribution in [0.15, 0.2) is 30.3 Å². The highest BCUT2D eigenvalue weighted by Crippen LogP contribution is 2.43. The molecule has 2 fully saturated rings. The fraction of sp³-hybridized carbons (Fsp3) is 0.684. The Bertz CT molecular complexity index is 613. The van der Waals surface area contributed by atoms with E-state index in [4.69, 9.17) is 28.4 Å². The van der Waals surface area contributed by atoms with Crippen LogP contribution in [0.3, 0.4) is 0 Å². The van der Waals surface area contributed by atoms with Crippen LogP contribution < -0.4 is 0 Å². The number of benzene rings is 1. The largest absolute Gasteiger partial charge is 0.394 e. The lowest BCUT2D eigenvalue weighted by Gasteiger charge is -2.56. The van der Waals surface area contributed by atoms with Crippen LogP contribution in [0.2, 0.25) is 0 Å². The normalized spacial score (nSPS) is 41.9. The molecule has 1 aromatic carbocycles. The molecule has 0 amide bonds. The highest BCUT2D eigenvalue weighted by atomic mass is 16.8. The molecule has 0 unspecified atom stereocenters. The highest BCUT2D eigenvalue weighted by Gasteiger charge is 2.62. The van der Waals surface area contributed by atoms with Crippen LogP contribution in [-0.2, 0) is 35.0 Å². The molecule has 3 rings (SSSR count). The molecule has 0 radical (unpaired) electrons. The molecule has 2 aliphatic heterocycles. The maximum Gasteiger partial charge on any atom is 0.220 e. The Hall–Kier alpha value is -1.10. The number of ether oxygens (including phenoxy) is 6. The number of hydrogen-bond donors (Lipinski definition) is 2. The van der Waals surface area contributed by atoms with Gasteiger partial charge in [0.05, 0.1) is 13.2 Å². The second-order valence-electron chi connectivity index (χ2n) is 6.98. The number of methoxy groups -OCH3 is 2. The molecule has 2 saturated heterocycles. The van der Waals surface area contributed by atoms with E-state index in [1.54, 1.807) is 13.8 Å². The van der Waals surface area contributed by atoms with Crippen LogP contribution >= 0.6 is 0 Å². The quantitative estimate of drug-likeness (QED) is 0.743. The Labute approximate surface area is 158 Å². The van der Waals surface area contributed by atoms with E-state index in [0.29, 0.717) is 0 Å². The molecule has 0 aromatic heterocycles. The minimum absolute atomic E-state index is 0.246. The summed E-state index contributed by atoms with van der Waals surface area (Å²) in [6, 6.07) is 9.53. The van der Waals surface area contributed by atoms with E-state index in [1.807, 2.05) is 30.3 Å². The smallest absolute Gasteiger partial charge is 0.220 e. The van der Waals surface area contributed by atoms with E-state index in [2.05, 4.69) is 0 Å². The van der Waals surface area contributed by atoms with Gasteiger partial charge in [-0.3, -0.25) is 0 Å². The lowest BCUT2D eigenvalue weighted by molar-refractivity contribution is -0.480. The van der Waals surface area contributed by atoms with Crippen LogP contribution in [0, 0.1) is 0 Å². The van der Waals surface area contributed by atoms with Crippen molar-refractivity contribution >= 4 is 0 Å². The SMILES string of the molecule is CO[C@@]1(C)O[C@@H]2[C@@H](O)[C@H](OCc3ccccc3)O[C@H](CO)[C@H]2O[C@]1(C)OC. The predicted molar refractivity (Wildman–Crippen MR) is 93.6 cm³/mol. The standard InChI is InChI=1S/C19H28O8/c1-18(22-3)19(2,23-4)27-16-14(21)17(25-13(10-20)15(16)26-18)24-11-12-8-6-5-7-9-12/h5-9,13-17,20-21H,10-11H2,1-4H3/t13-,14-,15-,16-,17-,18+,19+/m1/s1. The fourth-order valence-corrected chi connectivity index (χ4v) is 3.41. The first-order valence-electron chi connectivity index (χ1n) is 8.93. The molecule has 0 saturated carbocycles. The Morgan fingerprint density at radius 1 is 1.00 bits per heavy atom. The van der Waals surface area contributed by atoms with Gasteiger partial charge in [-0.1, -0.05) is 30.3 Å². The molecule has 2 N–H and O–H groups in total. The zero-order valence-corrected chi connectivity index (χ0v) is 16.0. The zero-order chi connectivity index (χ0) is 19.7. The number of aliphatic hydroxyl groups excluding tert-OH is 2. The molecular weight excluding hydrogens is 356 g/mol. The molecule has 7 atom stereocenters. The summed E-state index contributed by atoms with van der Waals surface area (Å²) < 4.78 is 34.6. The summed E-state index contributed by atoms with van der Waals surface area (Å²) in [6.07, 6.45) is -4.47. The summed E-state index contributed by atoms with van der Waals surface area (Å²) >= 11 is 0. The maximum atomic E-state index is 10.8. The van der Waals surface area contributed by atoms with Crippen molar-refractivity contribution in [2.75, 3.05) is 20.8 Å². The van der Waals surface area contributed by atoms with Crippen LogP contribution in [0.5, 0.6) is 0 Å². The van der Waals surface area contributed by atoms with Crippen molar-refractivity contribution in [3.63, 3.8) is 0 Å². The van der Waals surface area contributed by atoms with Crippen molar-refractivity contribution in [1.82, 2.24) is 0 Å². The summed E-state index contributed by atoms with van der Waals surface area (Å²) in [5, 5.41) is 20.6. The number of aliphatic hydroxyl groups is 2. The van der Waals surface area contributed by atoms with Crippen LogP contribution in [0.4, 0.5) is 0 Å². The van der Waals surface area contributed by atoms with Gasteiger partial charge in [0, 0.05) is 14.2 Å². The molecule has 27 heavy (non-hydrogen) atoms. The maximum absolute atomic E-state index is 10.8. The van der Waals surface area contributed by atoms with Crippen molar-refractivity contribution in [2.24, 2.45) is 0 Å². The third kappa shape index (κ3) is 3.76. The monoisotopic (exact) mass is 384 g/mol. The highest BCUT2D eigenvalue weighted by molar-refractivity contribution is 5.13. The average molecular weight is 384 g/mol. The molecule has 0 bridgehead atoms. The number of fused-ring (bicyclic) bond motifs is 1. The third-order valence-corrected chi connectivity index (χ3v) is 5.38. The van der Waals surface area contributed by atoms with E-state index in [1.165, 1.54) is 14.2 Å². The fourth-order valence-electron chi connectivity index (χ4n) is 3.41. The van der Waals surface area contributed by atoms with Gasteiger partial charge in [-0.05, 0) is 19.4 Å². The van der Waals surface area contributed by atoms with E-state index in [0.717, 1.165) is 5.56 Å². The van der Waals surface area contributed by atoms with Crippen molar-refractivity contribution in [1.29, 1.82) is 0 Å². The average Bonchev–Trinajstić information content (AvgIpc) is 2.70. The molecule has 1 aromatic rings. The predicted octanol–water partition coefficient (Wildman–Crippen LogP) is 0.790. The first-order chi connectivity index (χ1) is 12.9. The summed E-state index contributed by atoms with van der Waals surface area (Å²) in [5.41, 5.74) is 0.936. The minimum Gasteiger partial charge on any atom is -0.394 e. The van der Waals surface area contributed by atoms with E-state index in [9.17, 15) is 10.2 Å². The van der Waals surface area contributed by atoms with Crippen molar-refractivity contribution < 1.29 is 38.6 Å². The topological polar surface area (TPSA) is 95.8 Å². The Balaban J connectivity index is 1.78. The van der Waals surface area contributed by atoms with Crippen molar-refractivity contribution in [2.45, 2.75) is 62.7 Å². The van der Waals surface area contributed by atoms with E-state index >= 15 is 0 Å². The van der Waals surface area contributed by atoms with E-state index in [-0.39, 0.29) is 13.2 Å². The molecule has 8 nitrogen and oxygen atoms in total. The minimum atomic E-state index is -1.27. The van der Waals surface area contributed by atoms with Crippen molar-refractivity contribution in [3.05, 3.63) is 35.9 Å². The molecule has 2 aliphatic rings. The summed E-state index contributed by atoms with van der Waals surface area (Å²) in [6.45, 7) is 3.26. The van der Waals surface area contributed by atoms with Gasteiger partial charge in [0.25, 0.3) is 0 Å². The first kappa shape index (κ1) is 20.6. The number of rotatable bonds is 6. The van der Waals surface area contributed by atoms with Crippen LogP contribution in [0.25, 0.3) is 0 Å². The van der Waals surface area contributed by atoms with Crippen LogP contribution in [0.1, 0.15) is 19.4 Å². The first-order valence-corrected chi connectivity index (χ1v) is 8.93. The molecule has 2 heterocycles. The Morgan fingerprint density at radius 3 is 2.15 bits per heavy atom. The zero-order valence-electron chi connectivity index (χ0n) is 16.0. The van der Waals surface area contributed by atoms with E-state index < -0.39 is 42.3 Å². The Kier molecular flexibility index (Phi) is 6.19. The van der Waals surface area contributed by atoms with Gasteiger partial charge in [0.15, 0.2) is 6.29 Å². The molecule has 152 valence electrons. The second-order valence-corrected chi connectivity index (χ2v) is 6.98. The van der Waals surface area contributed by atoms with Crippen LogP contribution in [-0.4, -0.2) is 73.3 Å². The van der Waals surface area contributed by atoms with Gasteiger partial charge in [-0.15, -0.1) is 0 Å².